The molecule has 1 heterocycles. The largest absolute Gasteiger partial charge is 0.383 e. The minimum absolute atomic E-state index is 0.171. The molecule has 24 heavy (non-hydrogen) atoms. The molecule has 2 N–H and O–H groups in total. The van der Waals surface area contributed by atoms with Gasteiger partial charge in [0.25, 0.3) is 0 Å². The minimum Gasteiger partial charge on any atom is -0.383 e. The fourth-order valence-electron chi connectivity index (χ4n) is 2.92. The van der Waals surface area contributed by atoms with Crippen LogP contribution < -0.4 is 5.73 Å². The number of nitriles is 2. The third-order valence-corrected chi connectivity index (χ3v) is 4.88. The van der Waals surface area contributed by atoms with Gasteiger partial charge in [0.2, 0.25) is 0 Å². The van der Waals surface area contributed by atoms with Crippen molar-refractivity contribution in [3.05, 3.63) is 61.4 Å². The normalized spacial score (nSPS) is 14.5. The van der Waals surface area contributed by atoms with Gasteiger partial charge < -0.3 is 5.73 Å². The Kier molecular flexibility index (Phi) is 4.13. The van der Waals surface area contributed by atoms with Gasteiger partial charge in [0.1, 0.15) is 18.0 Å². The Morgan fingerprint density at radius 2 is 1.79 bits per heavy atom. The molecule has 1 aliphatic rings. The van der Waals surface area contributed by atoms with E-state index in [0.717, 1.165) is 31.4 Å². The number of nitrogen functional groups attached to an aromatic ring is 1. The standard InChI is InChI=1S/C19H13IN4/c1-10-14(7-12-3-5-13(20)6-4-12)17-11(2)16(9-22)19(23)24-18(17)15(10)8-21/h3-7H,1-2H3,(H2,23,24)/b14-7-. The zero-order chi connectivity index (χ0) is 17.4. The molecule has 3 rings (SSSR count). The predicted molar refractivity (Wildman–Crippen MR) is 103 cm³/mol. The molecule has 1 aromatic carbocycles. The molecule has 0 atom stereocenters. The smallest absolute Gasteiger partial charge is 0.142 e. The Morgan fingerprint density at radius 1 is 1.12 bits per heavy atom. The minimum atomic E-state index is 0.171. The van der Waals surface area contributed by atoms with Gasteiger partial charge in [-0.15, -0.1) is 0 Å². The second-order valence-electron chi connectivity index (χ2n) is 5.55. The van der Waals surface area contributed by atoms with Crippen molar-refractivity contribution in [3.8, 4) is 12.1 Å². The molecule has 1 aromatic heterocycles. The number of halogens is 1. The van der Waals surface area contributed by atoms with E-state index in [9.17, 15) is 10.5 Å². The molecule has 2 aromatic rings. The molecule has 4 nitrogen and oxygen atoms in total. The summed E-state index contributed by atoms with van der Waals surface area (Å²) in [4.78, 5) is 4.33. The predicted octanol–water partition coefficient (Wildman–Crippen LogP) is 4.30. The molecule has 0 bridgehead atoms. The number of pyridine rings is 1. The quantitative estimate of drug-likeness (QED) is 0.692. The molecule has 1 aliphatic carbocycles. The van der Waals surface area contributed by atoms with Gasteiger partial charge in [0.05, 0.1) is 16.8 Å². The van der Waals surface area contributed by atoms with Crippen LogP contribution in [0.1, 0.15) is 34.9 Å². The van der Waals surface area contributed by atoms with Crippen molar-refractivity contribution >= 4 is 45.6 Å². The maximum absolute atomic E-state index is 9.53. The van der Waals surface area contributed by atoms with Crippen LogP contribution in [0.15, 0.2) is 29.8 Å². The Balaban J connectivity index is 2.31. The van der Waals surface area contributed by atoms with Crippen LogP contribution in [0, 0.1) is 33.2 Å². The first-order valence-electron chi connectivity index (χ1n) is 7.27. The molecule has 0 aliphatic heterocycles. The van der Waals surface area contributed by atoms with Crippen LogP contribution >= 0.6 is 22.6 Å². The maximum Gasteiger partial charge on any atom is 0.142 e. The number of nitrogens with zero attached hydrogens (tertiary/aromatic N) is 3. The number of allylic oxidation sites excluding steroid dienone is 3. The number of hydrogen-bond donors (Lipinski definition) is 1. The van der Waals surface area contributed by atoms with E-state index < -0.39 is 0 Å². The monoisotopic (exact) mass is 424 g/mol. The SMILES string of the molecule is CC1=C(C#N)c2nc(N)c(C#N)c(C)c2/C1=C\c1ccc(I)cc1. The number of benzene rings is 1. The van der Waals surface area contributed by atoms with Crippen LogP contribution in [-0.2, 0) is 0 Å². The lowest BCUT2D eigenvalue weighted by Gasteiger charge is -2.11. The molecule has 0 amide bonds. The maximum atomic E-state index is 9.53. The molecular formula is C19H13IN4. The van der Waals surface area contributed by atoms with Gasteiger partial charge in [-0.05, 0) is 76.9 Å². The van der Waals surface area contributed by atoms with Gasteiger partial charge in [-0.1, -0.05) is 12.1 Å². The highest BCUT2D eigenvalue weighted by molar-refractivity contribution is 14.1. The van der Waals surface area contributed by atoms with E-state index in [1.165, 1.54) is 0 Å². The zero-order valence-corrected chi connectivity index (χ0v) is 15.3. The van der Waals surface area contributed by atoms with Gasteiger partial charge in [-0.2, -0.15) is 10.5 Å². The van der Waals surface area contributed by atoms with E-state index >= 15 is 0 Å². The molecule has 0 saturated heterocycles. The van der Waals surface area contributed by atoms with E-state index in [2.05, 4.69) is 39.7 Å². The third-order valence-electron chi connectivity index (χ3n) is 4.16. The molecular weight excluding hydrogens is 411 g/mol. The summed E-state index contributed by atoms with van der Waals surface area (Å²) in [5.41, 5.74) is 11.8. The first-order valence-corrected chi connectivity index (χ1v) is 8.35. The van der Waals surface area contributed by atoms with E-state index in [1.807, 2.05) is 44.2 Å². The lowest BCUT2D eigenvalue weighted by molar-refractivity contribution is 1.22. The van der Waals surface area contributed by atoms with Crippen LogP contribution in [-0.4, -0.2) is 4.98 Å². The molecule has 116 valence electrons. The topological polar surface area (TPSA) is 86.5 Å². The summed E-state index contributed by atoms with van der Waals surface area (Å²) < 4.78 is 1.16. The molecule has 0 radical (unpaired) electrons. The number of hydrogen-bond acceptors (Lipinski definition) is 4. The average molecular weight is 424 g/mol. The molecule has 0 spiro atoms. The number of anilines is 1. The number of rotatable bonds is 1. The summed E-state index contributed by atoms with van der Waals surface area (Å²) >= 11 is 2.26. The number of fused-ring (bicyclic) bond motifs is 1. The zero-order valence-electron chi connectivity index (χ0n) is 13.2. The van der Waals surface area contributed by atoms with Crippen molar-refractivity contribution in [2.45, 2.75) is 13.8 Å². The van der Waals surface area contributed by atoms with Crippen molar-refractivity contribution in [1.29, 1.82) is 10.5 Å². The Morgan fingerprint density at radius 3 is 2.38 bits per heavy atom. The Bertz CT molecular complexity index is 1000. The third kappa shape index (κ3) is 2.47. The summed E-state index contributed by atoms with van der Waals surface area (Å²) in [6, 6.07) is 12.4. The highest BCUT2D eigenvalue weighted by Crippen LogP contribution is 2.44. The van der Waals surface area contributed by atoms with Crippen molar-refractivity contribution in [1.82, 2.24) is 4.98 Å². The molecule has 0 unspecified atom stereocenters. The van der Waals surface area contributed by atoms with E-state index in [1.54, 1.807) is 0 Å². The van der Waals surface area contributed by atoms with Crippen LogP contribution in [0.4, 0.5) is 5.82 Å². The summed E-state index contributed by atoms with van der Waals surface area (Å²) in [5.74, 6) is 0.171. The average Bonchev–Trinajstić information content (AvgIpc) is 2.81. The highest BCUT2D eigenvalue weighted by atomic mass is 127. The van der Waals surface area contributed by atoms with Gasteiger partial charge in [-0.25, -0.2) is 4.98 Å². The Labute approximate surface area is 154 Å². The first kappa shape index (κ1) is 16.2. The summed E-state index contributed by atoms with van der Waals surface area (Å²) in [7, 11) is 0. The number of nitrogens with two attached hydrogens (primary N) is 1. The second-order valence-corrected chi connectivity index (χ2v) is 6.80. The van der Waals surface area contributed by atoms with Gasteiger partial charge in [0, 0.05) is 9.13 Å². The van der Waals surface area contributed by atoms with Crippen LogP contribution in [0.5, 0.6) is 0 Å². The lowest BCUT2D eigenvalue weighted by atomic mass is 9.95. The van der Waals surface area contributed by atoms with E-state index in [-0.39, 0.29) is 5.82 Å². The van der Waals surface area contributed by atoms with E-state index in [0.29, 0.717) is 16.8 Å². The van der Waals surface area contributed by atoms with Crippen LogP contribution in [0.3, 0.4) is 0 Å². The first-order chi connectivity index (χ1) is 11.5. The van der Waals surface area contributed by atoms with Crippen molar-refractivity contribution in [3.63, 3.8) is 0 Å². The highest BCUT2D eigenvalue weighted by Gasteiger charge is 2.29. The molecule has 5 heteroatoms. The fourth-order valence-corrected chi connectivity index (χ4v) is 3.28. The summed E-state index contributed by atoms with van der Waals surface area (Å²) in [5, 5.41) is 18.9. The second kappa shape index (κ2) is 6.10. The lowest BCUT2D eigenvalue weighted by Crippen LogP contribution is -2.03. The van der Waals surface area contributed by atoms with Crippen LogP contribution in [0.2, 0.25) is 0 Å². The van der Waals surface area contributed by atoms with Gasteiger partial charge in [0.15, 0.2) is 0 Å². The Hall–Kier alpha value is -2.64. The summed E-state index contributed by atoms with van der Waals surface area (Å²) in [6.07, 6.45) is 2.03. The van der Waals surface area contributed by atoms with E-state index in [4.69, 9.17) is 5.73 Å². The van der Waals surface area contributed by atoms with Crippen molar-refractivity contribution < 1.29 is 0 Å². The fraction of sp³-hybridized carbons (Fsp3) is 0.105. The number of aromatic nitrogens is 1. The van der Waals surface area contributed by atoms with Gasteiger partial charge >= 0.3 is 0 Å². The van der Waals surface area contributed by atoms with Crippen LogP contribution in [0.25, 0.3) is 17.2 Å². The summed E-state index contributed by atoms with van der Waals surface area (Å²) in [6.45, 7) is 3.76. The molecule has 0 fully saturated rings. The van der Waals surface area contributed by atoms with Crippen molar-refractivity contribution in [2.24, 2.45) is 0 Å². The molecule has 0 saturated carbocycles. The van der Waals surface area contributed by atoms with Gasteiger partial charge in [-0.3, -0.25) is 0 Å². The van der Waals surface area contributed by atoms with Crippen molar-refractivity contribution in [2.75, 3.05) is 5.73 Å².